The average Bonchev–Trinajstić information content (AvgIpc) is 3.16. The molecule has 0 spiro atoms. The van der Waals surface area contributed by atoms with Crippen LogP contribution in [0.3, 0.4) is 0 Å². The van der Waals surface area contributed by atoms with Crippen LogP contribution in [0, 0.1) is 0 Å². The lowest BCUT2D eigenvalue weighted by molar-refractivity contribution is -0.161. The highest BCUT2D eigenvalue weighted by Gasteiger charge is 2.26. The van der Waals surface area contributed by atoms with Crippen molar-refractivity contribution in [3.05, 3.63) is 194 Å². The summed E-state index contributed by atoms with van der Waals surface area (Å²) in [5.41, 5.74) is 5.41. The minimum atomic E-state index is -4.41. The molecule has 0 saturated carbocycles. The van der Waals surface area contributed by atoms with Crippen molar-refractivity contribution in [2.75, 3.05) is 26.4 Å². The average molecular weight is 1330 g/mol. The number of phosphoric ester groups is 1. The third kappa shape index (κ3) is 77.7. The Hall–Kier alpha value is -5.15. The predicted molar refractivity (Wildman–Crippen MR) is 412 cm³/mol. The van der Waals surface area contributed by atoms with Gasteiger partial charge in [-0.25, -0.2) is 4.57 Å². The minimum Gasteiger partial charge on any atom is -0.462 e. The van der Waals surface area contributed by atoms with Gasteiger partial charge in [-0.1, -0.05) is 337 Å². The van der Waals surface area contributed by atoms with Gasteiger partial charge < -0.3 is 20.1 Å². The second-order valence-electron chi connectivity index (χ2n) is 24.4. The molecule has 10 heteroatoms. The minimum absolute atomic E-state index is 0.0415. The van der Waals surface area contributed by atoms with Gasteiger partial charge in [0.05, 0.1) is 13.2 Å². The number of phosphoric acid groups is 1. The molecule has 0 rings (SSSR count). The molecular formula is C85H138NO8P. The van der Waals surface area contributed by atoms with Gasteiger partial charge in [-0.3, -0.25) is 18.6 Å². The van der Waals surface area contributed by atoms with E-state index in [2.05, 4.69) is 208 Å². The third-order valence-corrected chi connectivity index (χ3v) is 16.5. The molecule has 0 aliphatic heterocycles. The summed E-state index contributed by atoms with van der Waals surface area (Å²) in [5.74, 6) is -0.854. The Kier molecular flexibility index (Phi) is 73.6. The monoisotopic (exact) mass is 1330 g/mol. The van der Waals surface area contributed by atoms with E-state index in [4.69, 9.17) is 24.3 Å². The van der Waals surface area contributed by atoms with Crippen LogP contribution >= 0.6 is 7.82 Å². The van der Waals surface area contributed by atoms with Crippen LogP contribution in [0.5, 0.6) is 0 Å². The molecule has 0 aromatic carbocycles. The quantitative estimate of drug-likeness (QED) is 0.0264. The highest BCUT2D eigenvalue weighted by atomic mass is 31.2. The summed E-state index contributed by atoms with van der Waals surface area (Å²) in [4.78, 5) is 35.4. The first-order valence-electron chi connectivity index (χ1n) is 37.9. The summed E-state index contributed by atoms with van der Waals surface area (Å²) >= 11 is 0. The van der Waals surface area contributed by atoms with Crippen LogP contribution in [0.15, 0.2) is 194 Å². The van der Waals surface area contributed by atoms with Crippen molar-refractivity contribution < 1.29 is 37.6 Å². The van der Waals surface area contributed by atoms with E-state index in [1.807, 2.05) is 0 Å². The normalized spacial score (nSPS) is 14.0. The molecule has 95 heavy (non-hydrogen) atoms. The Labute approximate surface area is 583 Å². The molecule has 0 fully saturated rings. The van der Waals surface area contributed by atoms with Gasteiger partial charge in [0.2, 0.25) is 0 Å². The van der Waals surface area contributed by atoms with Crippen molar-refractivity contribution in [1.82, 2.24) is 0 Å². The van der Waals surface area contributed by atoms with Gasteiger partial charge in [0.25, 0.3) is 0 Å². The number of unbranched alkanes of at least 4 members (excludes halogenated alkanes) is 24. The van der Waals surface area contributed by atoms with Gasteiger partial charge >= 0.3 is 19.8 Å². The molecule has 0 aromatic rings. The van der Waals surface area contributed by atoms with Gasteiger partial charge in [-0.2, -0.15) is 0 Å². The Bertz CT molecular complexity index is 2270. The maximum atomic E-state index is 12.8. The first-order valence-corrected chi connectivity index (χ1v) is 39.4. The molecule has 0 aliphatic rings. The molecule has 3 N–H and O–H groups in total. The zero-order valence-electron chi connectivity index (χ0n) is 60.3. The predicted octanol–water partition coefficient (Wildman–Crippen LogP) is 25.6. The number of hydrogen-bond donors (Lipinski definition) is 2. The summed E-state index contributed by atoms with van der Waals surface area (Å²) < 4.78 is 33.2. The lowest BCUT2D eigenvalue weighted by Gasteiger charge is -2.19. The maximum absolute atomic E-state index is 12.8. The molecule has 2 unspecified atom stereocenters. The summed E-state index contributed by atoms with van der Waals surface area (Å²) in [6, 6.07) is 0. The van der Waals surface area contributed by atoms with E-state index in [1.54, 1.807) is 0 Å². The number of allylic oxidation sites excluding steroid dienone is 32. The molecule has 0 amide bonds. The summed E-state index contributed by atoms with van der Waals surface area (Å²) in [7, 11) is -4.41. The maximum Gasteiger partial charge on any atom is 0.472 e. The van der Waals surface area contributed by atoms with Crippen molar-refractivity contribution >= 4 is 19.8 Å². The van der Waals surface area contributed by atoms with Crippen LogP contribution in [0.4, 0.5) is 0 Å². The first kappa shape index (κ1) is 89.8. The summed E-state index contributed by atoms with van der Waals surface area (Å²) in [6.45, 7) is 3.49. The van der Waals surface area contributed by atoms with Crippen LogP contribution in [0.1, 0.15) is 296 Å². The largest absolute Gasteiger partial charge is 0.472 e. The van der Waals surface area contributed by atoms with E-state index in [0.29, 0.717) is 6.42 Å². The highest BCUT2D eigenvalue weighted by molar-refractivity contribution is 7.47. The van der Waals surface area contributed by atoms with E-state index in [-0.39, 0.29) is 38.6 Å². The van der Waals surface area contributed by atoms with Crippen molar-refractivity contribution in [2.24, 2.45) is 5.73 Å². The number of ether oxygens (including phenoxy) is 2. The lowest BCUT2D eigenvalue weighted by atomic mass is 10.0. The summed E-state index contributed by atoms with van der Waals surface area (Å²) in [5, 5.41) is 0. The van der Waals surface area contributed by atoms with Gasteiger partial charge in [0.15, 0.2) is 6.10 Å². The van der Waals surface area contributed by atoms with E-state index in [9.17, 15) is 19.0 Å². The Morgan fingerprint density at radius 3 is 0.811 bits per heavy atom. The second kappa shape index (κ2) is 77.9. The van der Waals surface area contributed by atoms with Crippen molar-refractivity contribution in [3.63, 3.8) is 0 Å². The van der Waals surface area contributed by atoms with Crippen LogP contribution in [0.25, 0.3) is 0 Å². The van der Waals surface area contributed by atoms with Gasteiger partial charge in [0.1, 0.15) is 6.61 Å². The smallest absolute Gasteiger partial charge is 0.462 e. The molecule has 0 aromatic heterocycles. The molecule has 0 heterocycles. The molecule has 536 valence electrons. The summed E-state index contributed by atoms with van der Waals surface area (Å²) in [6.07, 6.45) is 118. The fourth-order valence-corrected chi connectivity index (χ4v) is 10.7. The highest BCUT2D eigenvalue weighted by Crippen LogP contribution is 2.43. The zero-order chi connectivity index (χ0) is 68.6. The number of esters is 2. The molecule has 2 atom stereocenters. The van der Waals surface area contributed by atoms with Crippen LogP contribution < -0.4 is 5.73 Å². The van der Waals surface area contributed by atoms with E-state index >= 15 is 0 Å². The number of rotatable bonds is 69. The van der Waals surface area contributed by atoms with E-state index in [1.165, 1.54) is 109 Å². The lowest BCUT2D eigenvalue weighted by Crippen LogP contribution is -2.29. The Morgan fingerprint density at radius 1 is 0.316 bits per heavy atom. The van der Waals surface area contributed by atoms with E-state index in [0.717, 1.165) is 154 Å². The SMILES string of the molecule is CC/C=C\C/C=C\C/C=C\C/C=C\C/C=C\C/C=C\C/C=C\C/C=C\C/C=C\C/C=C\C/C=C\CCCCCCCC(=O)OC(COC(=O)CCCCCCCCCCCCCCCCCCCCC/C=C\C/C=C\C/C=C\C/C=C\C/C=C\CC)COP(=O)(O)OCCN. The number of carbonyl (C=O) groups is 2. The van der Waals surface area contributed by atoms with Crippen molar-refractivity contribution in [1.29, 1.82) is 0 Å². The molecule has 0 bridgehead atoms. The number of carbonyl (C=O) groups excluding carboxylic acids is 2. The molecular weight excluding hydrogens is 1190 g/mol. The molecule has 0 saturated heterocycles. The van der Waals surface area contributed by atoms with Gasteiger partial charge in [0, 0.05) is 19.4 Å². The molecule has 0 radical (unpaired) electrons. The fraction of sp³-hybridized carbons (Fsp3) is 0.600. The first-order chi connectivity index (χ1) is 46.8. The molecule has 0 aliphatic carbocycles. The van der Waals surface area contributed by atoms with Crippen molar-refractivity contribution in [3.8, 4) is 0 Å². The van der Waals surface area contributed by atoms with Gasteiger partial charge in [-0.05, 0) is 141 Å². The van der Waals surface area contributed by atoms with Crippen LogP contribution in [-0.2, 0) is 32.7 Å². The fourth-order valence-electron chi connectivity index (χ4n) is 9.96. The van der Waals surface area contributed by atoms with Crippen LogP contribution in [-0.4, -0.2) is 49.3 Å². The number of nitrogens with two attached hydrogens (primary N) is 1. The van der Waals surface area contributed by atoms with Crippen molar-refractivity contribution in [2.45, 2.75) is 302 Å². The second-order valence-corrected chi connectivity index (χ2v) is 25.9. The standard InChI is InChI=1S/C85H138NO8P/c1-3-5-7-9-11-13-15-17-19-21-23-25-27-29-31-33-35-37-39-40-41-42-44-46-48-50-52-54-56-58-60-62-64-66-68-70-72-74-76-78-85(88)94-83(82-93-95(89,90)92-80-79-86)81-91-84(87)77-75-73-71-69-67-65-63-61-59-57-55-53-51-49-47-45-43-38-36-34-32-30-28-26-24-22-20-18-16-14-12-10-8-6-4-2/h5-8,11-14,17-20,23-26,29-32,35,37,40-41,44,46,50,52,56,58,62,64,83H,3-4,9-10,15-16,21-22,27-28,33-34,36,38-39,42-43,45,47-49,51,53-55,57,59-61,63,65-82,86H2,1-2H3,(H,89,90)/b7-5-,8-6-,13-11-,14-12-,19-17-,20-18-,25-23-,26-24-,31-29-,32-30-,37-35-,41-40-,46-44-,52-50-,58-56-,64-62-. The molecule has 9 nitrogen and oxygen atoms in total. The Balaban J connectivity index is 3.96. The van der Waals surface area contributed by atoms with Crippen LogP contribution in [0.2, 0.25) is 0 Å². The zero-order valence-corrected chi connectivity index (χ0v) is 61.2. The van der Waals surface area contributed by atoms with Gasteiger partial charge in [-0.15, -0.1) is 0 Å². The number of hydrogen-bond acceptors (Lipinski definition) is 8. The third-order valence-electron chi connectivity index (χ3n) is 15.5. The van der Waals surface area contributed by atoms with E-state index < -0.39 is 26.5 Å². The Morgan fingerprint density at radius 2 is 0.547 bits per heavy atom. The topological polar surface area (TPSA) is 134 Å².